The second kappa shape index (κ2) is 4.42. The van der Waals surface area contributed by atoms with E-state index in [1.807, 2.05) is 11.6 Å². The highest BCUT2D eigenvalue weighted by atomic mass is 15.3. The van der Waals surface area contributed by atoms with Crippen LogP contribution < -0.4 is 0 Å². The molecule has 0 aliphatic rings. The fourth-order valence-corrected chi connectivity index (χ4v) is 1.89. The van der Waals surface area contributed by atoms with Crippen molar-refractivity contribution in [1.29, 1.82) is 5.26 Å². The van der Waals surface area contributed by atoms with Crippen molar-refractivity contribution in [2.45, 2.75) is 27.2 Å². The molecule has 1 heterocycles. The van der Waals surface area contributed by atoms with E-state index in [9.17, 15) is 0 Å². The Balaban J connectivity index is 2.54. The van der Waals surface area contributed by atoms with E-state index in [-0.39, 0.29) is 0 Å². The second-order valence-electron chi connectivity index (χ2n) is 4.29. The summed E-state index contributed by atoms with van der Waals surface area (Å²) in [5.74, 6) is 0. The van der Waals surface area contributed by atoms with Gasteiger partial charge >= 0.3 is 0 Å². The van der Waals surface area contributed by atoms with Crippen LogP contribution in [0.25, 0.3) is 5.69 Å². The molecular formula is C14H15N3. The van der Waals surface area contributed by atoms with E-state index in [4.69, 9.17) is 5.26 Å². The maximum atomic E-state index is 8.74. The molecule has 0 unspecified atom stereocenters. The molecule has 3 nitrogen and oxygen atoms in total. The third kappa shape index (κ3) is 2.07. The average molecular weight is 225 g/mol. The van der Waals surface area contributed by atoms with Gasteiger partial charge in [-0.3, -0.25) is 0 Å². The minimum Gasteiger partial charge on any atom is -0.238 e. The first-order valence-corrected chi connectivity index (χ1v) is 5.61. The molecule has 0 fully saturated rings. The Labute approximate surface area is 101 Å². The van der Waals surface area contributed by atoms with Crippen molar-refractivity contribution in [1.82, 2.24) is 9.78 Å². The Morgan fingerprint density at radius 3 is 2.76 bits per heavy atom. The van der Waals surface area contributed by atoms with Gasteiger partial charge in [-0.15, -0.1) is 0 Å². The quantitative estimate of drug-likeness (QED) is 0.788. The maximum absolute atomic E-state index is 8.74. The molecular weight excluding hydrogens is 210 g/mol. The molecule has 0 saturated carbocycles. The first kappa shape index (κ1) is 11.4. The summed E-state index contributed by atoms with van der Waals surface area (Å²) >= 11 is 0. The van der Waals surface area contributed by atoms with Crippen molar-refractivity contribution in [2.24, 2.45) is 0 Å². The van der Waals surface area contributed by atoms with E-state index < -0.39 is 0 Å². The summed E-state index contributed by atoms with van der Waals surface area (Å²) in [7, 11) is 0. The largest absolute Gasteiger partial charge is 0.238 e. The van der Waals surface area contributed by atoms with Gasteiger partial charge in [0.25, 0.3) is 0 Å². The van der Waals surface area contributed by atoms with Gasteiger partial charge in [0, 0.05) is 11.3 Å². The Hall–Kier alpha value is -2.08. The van der Waals surface area contributed by atoms with Crippen molar-refractivity contribution in [2.75, 3.05) is 0 Å². The van der Waals surface area contributed by atoms with Crippen LogP contribution in [-0.2, 0) is 6.42 Å². The lowest BCUT2D eigenvalue weighted by Gasteiger charge is -2.09. The summed E-state index contributed by atoms with van der Waals surface area (Å²) in [6.07, 6.45) is 2.19. The zero-order valence-corrected chi connectivity index (χ0v) is 10.4. The first-order valence-electron chi connectivity index (χ1n) is 5.61. The van der Waals surface area contributed by atoms with Crippen LogP contribution in [0.2, 0.25) is 0 Å². The van der Waals surface area contributed by atoms with Crippen LogP contribution in [0.4, 0.5) is 0 Å². The van der Waals surface area contributed by atoms with Crippen LogP contribution in [0.1, 0.15) is 22.4 Å². The summed E-state index contributed by atoms with van der Waals surface area (Å²) in [5, 5.41) is 13.1. The number of aromatic nitrogens is 2. The highest BCUT2D eigenvalue weighted by molar-refractivity contribution is 5.44. The summed E-state index contributed by atoms with van der Waals surface area (Å²) in [4.78, 5) is 0. The number of benzene rings is 1. The van der Waals surface area contributed by atoms with E-state index in [0.717, 1.165) is 16.9 Å². The molecule has 0 bridgehead atoms. The molecule has 0 atom stereocenters. The summed E-state index contributed by atoms with van der Waals surface area (Å²) in [5.41, 5.74) is 5.52. The van der Waals surface area contributed by atoms with Gasteiger partial charge in [0.1, 0.15) is 0 Å². The molecule has 2 aromatic rings. The number of aryl methyl sites for hydroxylation is 2. The van der Waals surface area contributed by atoms with Gasteiger partial charge in [0.15, 0.2) is 0 Å². The third-order valence-corrected chi connectivity index (χ3v) is 2.97. The zero-order valence-electron chi connectivity index (χ0n) is 10.4. The Kier molecular flexibility index (Phi) is 2.97. The smallest absolute Gasteiger partial charge is 0.0680 e. The van der Waals surface area contributed by atoms with Crippen LogP contribution in [0.5, 0.6) is 0 Å². The van der Waals surface area contributed by atoms with Crippen LogP contribution in [-0.4, -0.2) is 9.78 Å². The Morgan fingerprint density at radius 2 is 2.06 bits per heavy atom. The van der Waals surface area contributed by atoms with Crippen molar-refractivity contribution in [3.8, 4) is 11.8 Å². The number of nitrogens with zero attached hydrogens (tertiary/aromatic N) is 3. The summed E-state index contributed by atoms with van der Waals surface area (Å²) < 4.78 is 1.91. The van der Waals surface area contributed by atoms with Crippen molar-refractivity contribution >= 4 is 0 Å². The maximum Gasteiger partial charge on any atom is 0.0680 e. The van der Waals surface area contributed by atoms with Crippen LogP contribution in [0.3, 0.4) is 0 Å². The van der Waals surface area contributed by atoms with Crippen LogP contribution >= 0.6 is 0 Å². The van der Waals surface area contributed by atoms with Crippen molar-refractivity contribution < 1.29 is 0 Å². The highest BCUT2D eigenvalue weighted by Crippen LogP contribution is 2.19. The molecule has 0 N–H and O–H groups in total. The molecule has 0 saturated heterocycles. The molecule has 0 aliphatic heterocycles. The lowest BCUT2D eigenvalue weighted by atomic mass is 10.1. The predicted molar refractivity (Wildman–Crippen MR) is 67.1 cm³/mol. The van der Waals surface area contributed by atoms with Crippen molar-refractivity contribution in [3.05, 3.63) is 46.8 Å². The van der Waals surface area contributed by atoms with E-state index >= 15 is 0 Å². The molecule has 1 aromatic carbocycles. The topological polar surface area (TPSA) is 41.6 Å². The Morgan fingerprint density at radius 1 is 1.29 bits per heavy atom. The molecule has 17 heavy (non-hydrogen) atoms. The highest BCUT2D eigenvalue weighted by Gasteiger charge is 2.09. The standard InChI is InChI=1S/C14H15N3/c1-10-4-5-11(2)14(8-10)17-12(3)13(6-7-15)9-16-17/h4-5,8-9H,6H2,1-3H3. The normalized spacial score (nSPS) is 10.2. The van der Waals surface area contributed by atoms with Gasteiger partial charge in [-0.2, -0.15) is 10.4 Å². The van der Waals surface area contributed by atoms with E-state index in [1.54, 1.807) is 6.20 Å². The molecule has 0 radical (unpaired) electrons. The zero-order chi connectivity index (χ0) is 12.4. The summed E-state index contributed by atoms with van der Waals surface area (Å²) in [6, 6.07) is 8.46. The van der Waals surface area contributed by atoms with E-state index in [1.165, 1.54) is 11.1 Å². The van der Waals surface area contributed by atoms with E-state index in [0.29, 0.717) is 6.42 Å². The van der Waals surface area contributed by atoms with Gasteiger partial charge in [0.2, 0.25) is 0 Å². The number of rotatable bonds is 2. The van der Waals surface area contributed by atoms with Crippen LogP contribution in [0, 0.1) is 32.1 Å². The predicted octanol–water partition coefficient (Wildman–Crippen LogP) is 2.86. The fourth-order valence-electron chi connectivity index (χ4n) is 1.89. The van der Waals surface area contributed by atoms with Crippen molar-refractivity contribution in [3.63, 3.8) is 0 Å². The first-order chi connectivity index (χ1) is 8.13. The van der Waals surface area contributed by atoms with Gasteiger partial charge in [-0.05, 0) is 38.0 Å². The summed E-state index contributed by atoms with van der Waals surface area (Å²) in [6.45, 7) is 6.14. The average Bonchev–Trinajstić information content (AvgIpc) is 2.65. The molecule has 0 amide bonds. The molecule has 2 rings (SSSR count). The number of nitriles is 1. The fraction of sp³-hybridized carbons (Fsp3) is 0.286. The second-order valence-corrected chi connectivity index (χ2v) is 4.29. The monoisotopic (exact) mass is 225 g/mol. The van der Waals surface area contributed by atoms with Gasteiger partial charge in [0.05, 0.1) is 24.4 Å². The molecule has 0 aliphatic carbocycles. The third-order valence-electron chi connectivity index (χ3n) is 2.97. The van der Waals surface area contributed by atoms with E-state index in [2.05, 4.69) is 43.2 Å². The minimum atomic E-state index is 0.413. The lowest BCUT2D eigenvalue weighted by Crippen LogP contribution is -2.02. The molecule has 3 heteroatoms. The number of hydrogen-bond donors (Lipinski definition) is 0. The Bertz CT molecular complexity index is 588. The molecule has 1 aromatic heterocycles. The van der Waals surface area contributed by atoms with Gasteiger partial charge in [-0.1, -0.05) is 12.1 Å². The van der Waals surface area contributed by atoms with Gasteiger partial charge < -0.3 is 0 Å². The molecule has 86 valence electrons. The SMILES string of the molecule is Cc1ccc(C)c(-n2ncc(CC#N)c2C)c1. The molecule has 0 spiro atoms. The van der Waals surface area contributed by atoms with Gasteiger partial charge in [-0.25, -0.2) is 4.68 Å². The minimum absolute atomic E-state index is 0.413. The number of hydrogen-bond acceptors (Lipinski definition) is 2. The lowest BCUT2D eigenvalue weighted by molar-refractivity contribution is 0.837. The van der Waals surface area contributed by atoms with Crippen LogP contribution in [0.15, 0.2) is 24.4 Å².